The van der Waals surface area contributed by atoms with Crippen molar-refractivity contribution >= 4 is 16.4 Å². The molecule has 0 bridgehead atoms. The summed E-state index contributed by atoms with van der Waals surface area (Å²) in [6.45, 7) is -0.0667. The van der Waals surface area contributed by atoms with Crippen molar-refractivity contribution in [3.05, 3.63) is 16.8 Å². The lowest BCUT2D eigenvalue weighted by Gasteiger charge is -2.16. The summed E-state index contributed by atoms with van der Waals surface area (Å²) >= 11 is 0. The van der Waals surface area contributed by atoms with Gasteiger partial charge in [0.15, 0.2) is 16.7 Å². The van der Waals surface area contributed by atoms with Gasteiger partial charge in [-0.25, -0.2) is 14.7 Å². The Kier molecular flexibility index (Phi) is 4.23. The first-order chi connectivity index (χ1) is 9.04. The molecule has 4 N–H and O–H groups in total. The fourth-order valence-corrected chi connectivity index (χ4v) is 1.90. The summed E-state index contributed by atoms with van der Waals surface area (Å²) in [6, 6.07) is 0. The van der Waals surface area contributed by atoms with E-state index in [4.69, 9.17) is 15.4 Å². The summed E-state index contributed by atoms with van der Waals surface area (Å²) in [5.74, 6) is -0.182. The van der Waals surface area contributed by atoms with Crippen LogP contribution in [0.25, 0.3) is 0 Å². The summed E-state index contributed by atoms with van der Waals surface area (Å²) < 4.78 is 10.8. The highest BCUT2D eigenvalue weighted by Gasteiger charge is 2.44. The van der Waals surface area contributed by atoms with Gasteiger partial charge < -0.3 is 20.7 Å². The van der Waals surface area contributed by atoms with Crippen LogP contribution in [0.15, 0.2) is 11.1 Å². The third-order valence-electron chi connectivity index (χ3n) is 2.71. The number of nitrogen functional groups attached to an aromatic ring is 1. The van der Waals surface area contributed by atoms with Crippen molar-refractivity contribution in [2.75, 3.05) is 12.3 Å². The third-order valence-corrected chi connectivity index (χ3v) is 2.94. The van der Waals surface area contributed by atoms with E-state index in [1.165, 1.54) is 0 Å². The monoisotopic (exact) mass is 290 g/mol. The minimum absolute atomic E-state index is 0.0667. The first-order valence-corrected chi connectivity index (χ1v) is 6.24. The second-order valence-corrected chi connectivity index (χ2v) is 4.24. The lowest BCUT2D eigenvalue weighted by molar-refractivity contribution is -0.231. The maximum absolute atomic E-state index is 11.6. The summed E-state index contributed by atoms with van der Waals surface area (Å²) in [4.78, 5) is 23.4. The topological polar surface area (TPSA) is 142 Å². The standard InChI is InChI=1S/C8H14N4O6Si/c9-7-10-2-12(8(15)11-7)6-5(14)4(13)3(17-6)1-16-18-19/h2-6,13-14H,1H2,19H3,(H2,9,11,15)/t3-,4-,5-,6-/m1/s1. The number of aliphatic hydroxyl groups is 2. The highest BCUT2D eigenvalue weighted by atomic mass is 28.2. The molecule has 0 saturated carbocycles. The Labute approximate surface area is 110 Å². The molecular formula is C8H14N4O6Si. The molecule has 106 valence electrons. The van der Waals surface area contributed by atoms with Crippen molar-refractivity contribution in [2.45, 2.75) is 24.5 Å². The molecule has 0 aromatic carbocycles. The zero-order chi connectivity index (χ0) is 14.0. The zero-order valence-corrected chi connectivity index (χ0v) is 12.0. The highest BCUT2D eigenvalue weighted by Crippen LogP contribution is 2.28. The van der Waals surface area contributed by atoms with Gasteiger partial charge in [0.1, 0.15) is 31.2 Å². The molecule has 10 nitrogen and oxygen atoms in total. The van der Waals surface area contributed by atoms with E-state index in [1.807, 2.05) is 0 Å². The molecule has 0 amide bonds. The summed E-state index contributed by atoms with van der Waals surface area (Å²) in [6.07, 6.45) is -3.36. The lowest BCUT2D eigenvalue weighted by atomic mass is 10.1. The predicted octanol–water partition coefficient (Wildman–Crippen LogP) is -3.93. The van der Waals surface area contributed by atoms with Crippen LogP contribution in [0.3, 0.4) is 0 Å². The first kappa shape index (κ1) is 14.0. The molecule has 0 spiro atoms. The average Bonchev–Trinajstić information content (AvgIpc) is 2.64. The number of hydrogen-bond acceptors (Lipinski definition) is 9. The van der Waals surface area contributed by atoms with Crippen LogP contribution in [-0.2, 0) is 14.2 Å². The van der Waals surface area contributed by atoms with Crippen LogP contribution in [0.4, 0.5) is 5.95 Å². The third kappa shape index (κ3) is 2.80. The number of aromatic nitrogens is 3. The van der Waals surface area contributed by atoms with E-state index < -0.39 is 30.2 Å². The van der Waals surface area contributed by atoms with Gasteiger partial charge in [-0.15, -0.1) is 0 Å². The van der Waals surface area contributed by atoms with Gasteiger partial charge >= 0.3 is 5.69 Å². The minimum Gasteiger partial charge on any atom is -0.387 e. The Hall–Kier alpha value is -1.37. The van der Waals surface area contributed by atoms with E-state index in [1.54, 1.807) is 0 Å². The molecule has 4 atom stereocenters. The second kappa shape index (κ2) is 5.73. The maximum Gasteiger partial charge on any atom is 0.354 e. The van der Waals surface area contributed by atoms with Gasteiger partial charge in [0.25, 0.3) is 0 Å². The number of nitrogens with two attached hydrogens (primary N) is 1. The van der Waals surface area contributed by atoms with Gasteiger partial charge in [0.2, 0.25) is 5.95 Å². The van der Waals surface area contributed by atoms with Crippen LogP contribution >= 0.6 is 0 Å². The van der Waals surface area contributed by atoms with Gasteiger partial charge in [-0.05, 0) is 0 Å². The smallest absolute Gasteiger partial charge is 0.354 e. The van der Waals surface area contributed by atoms with E-state index in [-0.39, 0.29) is 12.6 Å². The summed E-state index contributed by atoms with van der Waals surface area (Å²) in [5.41, 5.74) is 4.53. The first-order valence-electron chi connectivity index (χ1n) is 5.42. The van der Waals surface area contributed by atoms with Gasteiger partial charge in [-0.3, -0.25) is 9.14 Å². The molecule has 11 heteroatoms. The maximum atomic E-state index is 11.6. The number of aliphatic hydroxyl groups excluding tert-OH is 2. The molecule has 1 aliphatic heterocycles. The molecule has 1 aromatic rings. The van der Waals surface area contributed by atoms with Crippen molar-refractivity contribution in [3.8, 4) is 0 Å². The molecule has 1 aromatic heterocycles. The lowest BCUT2D eigenvalue weighted by Crippen LogP contribution is -2.36. The molecule has 0 unspecified atom stereocenters. The number of nitrogens with zero attached hydrogens (tertiary/aromatic N) is 3. The van der Waals surface area contributed by atoms with E-state index in [0.717, 1.165) is 10.9 Å². The van der Waals surface area contributed by atoms with Gasteiger partial charge in [-0.1, -0.05) is 0 Å². The Morgan fingerprint density at radius 1 is 1.53 bits per heavy atom. The van der Waals surface area contributed by atoms with E-state index in [0.29, 0.717) is 10.5 Å². The van der Waals surface area contributed by atoms with Crippen molar-refractivity contribution in [3.63, 3.8) is 0 Å². The molecule has 0 aliphatic carbocycles. The SMILES string of the molecule is Nc1ncn([C@@H]2O[C@H](COO[SiH3])[C@@H](O)[C@H]2O)c(=O)n1. The molecule has 2 heterocycles. The predicted molar refractivity (Wildman–Crippen MR) is 63.6 cm³/mol. The number of ether oxygens (including phenoxy) is 1. The van der Waals surface area contributed by atoms with Crippen molar-refractivity contribution in [1.29, 1.82) is 0 Å². The quantitative estimate of drug-likeness (QED) is 0.288. The van der Waals surface area contributed by atoms with Crippen LogP contribution in [0.2, 0.25) is 0 Å². The van der Waals surface area contributed by atoms with Crippen LogP contribution in [0.1, 0.15) is 6.23 Å². The van der Waals surface area contributed by atoms with Crippen molar-refractivity contribution in [1.82, 2.24) is 14.5 Å². The van der Waals surface area contributed by atoms with Crippen molar-refractivity contribution in [2.24, 2.45) is 0 Å². The van der Waals surface area contributed by atoms with E-state index in [9.17, 15) is 15.0 Å². The fourth-order valence-electron chi connectivity index (χ4n) is 1.76. The number of anilines is 1. The zero-order valence-electron chi connectivity index (χ0n) is 10.0. The summed E-state index contributed by atoms with van der Waals surface area (Å²) in [5, 5.41) is 19.6. The Morgan fingerprint density at radius 3 is 2.89 bits per heavy atom. The molecular weight excluding hydrogens is 276 g/mol. The summed E-state index contributed by atoms with van der Waals surface area (Å²) in [7, 11) is 0.365. The Bertz CT molecular complexity index is 498. The number of hydrogen-bond donors (Lipinski definition) is 3. The molecule has 1 saturated heterocycles. The minimum atomic E-state index is -1.31. The Balaban J connectivity index is 2.19. The molecule has 2 rings (SSSR count). The van der Waals surface area contributed by atoms with Crippen LogP contribution in [0, 0.1) is 0 Å². The molecule has 19 heavy (non-hydrogen) atoms. The molecule has 1 aliphatic rings. The molecule has 1 fully saturated rings. The van der Waals surface area contributed by atoms with E-state index in [2.05, 4.69) is 14.5 Å². The van der Waals surface area contributed by atoms with Gasteiger partial charge in [0.05, 0.1) is 0 Å². The van der Waals surface area contributed by atoms with Crippen LogP contribution in [0.5, 0.6) is 0 Å². The largest absolute Gasteiger partial charge is 0.387 e. The Morgan fingerprint density at radius 2 is 2.26 bits per heavy atom. The van der Waals surface area contributed by atoms with E-state index >= 15 is 0 Å². The van der Waals surface area contributed by atoms with Crippen LogP contribution in [-0.4, -0.2) is 60.2 Å². The fraction of sp³-hybridized carbons (Fsp3) is 0.625. The number of rotatable bonds is 4. The van der Waals surface area contributed by atoms with Gasteiger partial charge in [-0.2, -0.15) is 4.98 Å². The molecule has 0 radical (unpaired) electrons. The normalized spacial score (nSPS) is 30.8. The van der Waals surface area contributed by atoms with Crippen LogP contribution < -0.4 is 11.4 Å². The van der Waals surface area contributed by atoms with Gasteiger partial charge in [0, 0.05) is 0 Å². The second-order valence-electron chi connectivity index (χ2n) is 3.90. The average molecular weight is 290 g/mol. The highest BCUT2D eigenvalue weighted by molar-refractivity contribution is 5.97. The van der Waals surface area contributed by atoms with Crippen molar-refractivity contribution < 1.29 is 24.4 Å².